The molecule has 0 heterocycles. The quantitative estimate of drug-likeness (QED) is 0.649. The Labute approximate surface area is 116 Å². The highest BCUT2D eigenvalue weighted by molar-refractivity contribution is 5.80. The Kier molecular flexibility index (Phi) is 8.02. The first-order valence-corrected chi connectivity index (χ1v) is 7.28. The number of hydrogen-bond donors (Lipinski definition) is 2. The van der Waals surface area contributed by atoms with Crippen molar-refractivity contribution in [2.75, 3.05) is 27.3 Å². The first-order valence-electron chi connectivity index (χ1n) is 7.28. The predicted octanol–water partition coefficient (Wildman–Crippen LogP) is 1.07. The Morgan fingerprint density at radius 2 is 2.11 bits per heavy atom. The highest BCUT2D eigenvalue weighted by atomic mass is 16.5. The standard InChI is InChI=1S/C14H28N2O3/c1-11(14(17)16-9-6-10-18-3)19-13-8-5-4-7-12(13)15-2/h11-13,15H,4-10H2,1-3H3,(H,16,17). The van der Waals surface area contributed by atoms with Crippen molar-refractivity contribution in [3.8, 4) is 0 Å². The van der Waals surface area contributed by atoms with Crippen molar-refractivity contribution in [2.45, 2.75) is 57.3 Å². The van der Waals surface area contributed by atoms with Gasteiger partial charge in [0, 0.05) is 26.3 Å². The Hall–Kier alpha value is -0.650. The highest BCUT2D eigenvalue weighted by Gasteiger charge is 2.27. The van der Waals surface area contributed by atoms with Gasteiger partial charge in [0.1, 0.15) is 6.10 Å². The van der Waals surface area contributed by atoms with Gasteiger partial charge >= 0.3 is 0 Å². The van der Waals surface area contributed by atoms with Crippen LogP contribution < -0.4 is 10.6 Å². The largest absolute Gasteiger partial charge is 0.385 e. The topological polar surface area (TPSA) is 59.6 Å². The third kappa shape index (κ3) is 5.89. The number of nitrogens with one attached hydrogen (secondary N) is 2. The molecule has 5 nitrogen and oxygen atoms in total. The lowest BCUT2D eigenvalue weighted by molar-refractivity contribution is -0.137. The Morgan fingerprint density at radius 1 is 1.37 bits per heavy atom. The minimum Gasteiger partial charge on any atom is -0.385 e. The van der Waals surface area contributed by atoms with Gasteiger partial charge in [-0.25, -0.2) is 0 Å². The van der Waals surface area contributed by atoms with Crippen molar-refractivity contribution in [3.05, 3.63) is 0 Å². The second-order valence-corrected chi connectivity index (χ2v) is 5.13. The van der Waals surface area contributed by atoms with Gasteiger partial charge in [-0.3, -0.25) is 4.79 Å². The minimum absolute atomic E-state index is 0.0310. The van der Waals surface area contributed by atoms with Gasteiger partial charge in [0.25, 0.3) is 0 Å². The van der Waals surface area contributed by atoms with E-state index < -0.39 is 0 Å². The molecule has 1 saturated carbocycles. The predicted molar refractivity (Wildman–Crippen MR) is 75.2 cm³/mol. The smallest absolute Gasteiger partial charge is 0.248 e. The number of likely N-dealkylation sites (N-methyl/N-ethyl adjacent to an activating group) is 1. The van der Waals surface area contributed by atoms with E-state index >= 15 is 0 Å². The van der Waals surface area contributed by atoms with Gasteiger partial charge in [-0.05, 0) is 33.2 Å². The lowest BCUT2D eigenvalue weighted by atomic mass is 9.92. The second-order valence-electron chi connectivity index (χ2n) is 5.13. The number of carbonyl (C=O) groups excluding carboxylic acids is 1. The number of amides is 1. The van der Waals surface area contributed by atoms with Crippen molar-refractivity contribution in [2.24, 2.45) is 0 Å². The summed E-state index contributed by atoms with van der Waals surface area (Å²) in [5.41, 5.74) is 0. The number of hydrogen-bond acceptors (Lipinski definition) is 4. The molecule has 3 atom stereocenters. The maximum atomic E-state index is 11.9. The zero-order valence-electron chi connectivity index (χ0n) is 12.4. The summed E-state index contributed by atoms with van der Waals surface area (Å²) in [6, 6.07) is 0.373. The van der Waals surface area contributed by atoms with Crippen molar-refractivity contribution in [1.82, 2.24) is 10.6 Å². The molecule has 0 spiro atoms. The summed E-state index contributed by atoms with van der Waals surface area (Å²) in [6.07, 6.45) is 5.18. The Morgan fingerprint density at radius 3 is 2.79 bits per heavy atom. The highest BCUT2D eigenvalue weighted by Crippen LogP contribution is 2.22. The van der Waals surface area contributed by atoms with Gasteiger partial charge in [0.15, 0.2) is 0 Å². The van der Waals surface area contributed by atoms with Crippen LogP contribution in [-0.2, 0) is 14.3 Å². The Balaban J connectivity index is 2.27. The third-order valence-electron chi connectivity index (χ3n) is 3.65. The van der Waals surface area contributed by atoms with Crippen LogP contribution in [0.1, 0.15) is 39.0 Å². The molecule has 3 unspecified atom stereocenters. The van der Waals surface area contributed by atoms with E-state index in [2.05, 4.69) is 10.6 Å². The SMILES string of the molecule is CNC1CCCCC1OC(C)C(=O)NCCCOC. The lowest BCUT2D eigenvalue weighted by Crippen LogP contribution is -2.46. The molecular formula is C14H28N2O3. The van der Waals surface area contributed by atoms with E-state index in [9.17, 15) is 4.79 Å². The van der Waals surface area contributed by atoms with E-state index in [-0.39, 0.29) is 18.1 Å². The van der Waals surface area contributed by atoms with Gasteiger partial charge in [-0.2, -0.15) is 0 Å². The molecule has 0 aliphatic heterocycles. The lowest BCUT2D eigenvalue weighted by Gasteiger charge is -2.32. The first kappa shape index (κ1) is 16.4. The van der Waals surface area contributed by atoms with Crippen LogP contribution in [0.5, 0.6) is 0 Å². The molecule has 5 heteroatoms. The minimum atomic E-state index is -0.388. The zero-order chi connectivity index (χ0) is 14.1. The molecule has 0 bridgehead atoms. The van der Waals surface area contributed by atoms with Gasteiger partial charge in [0.05, 0.1) is 6.10 Å². The van der Waals surface area contributed by atoms with Crippen molar-refractivity contribution in [1.29, 1.82) is 0 Å². The van der Waals surface area contributed by atoms with Crippen LogP contribution in [0.2, 0.25) is 0 Å². The summed E-state index contributed by atoms with van der Waals surface area (Å²) in [4.78, 5) is 11.9. The van der Waals surface area contributed by atoms with Gasteiger partial charge in [-0.1, -0.05) is 12.8 Å². The molecule has 1 fully saturated rings. The van der Waals surface area contributed by atoms with Crippen LogP contribution in [0, 0.1) is 0 Å². The van der Waals surface area contributed by atoms with E-state index in [0.717, 1.165) is 19.3 Å². The Bertz CT molecular complexity index is 261. The van der Waals surface area contributed by atoms with E-state index in [0.29, 0.717) is 19.2 Å². The number of methoxy groups -OCH3 is 1. The number of ether oxygens (including phenoxy) is 2. The van der Waals surface area contributed by atoms with Crippen molar-refractivity contribution < 1.29 is 14.3 Å². The van der Waals surface area contributed by atoms with Gasteiger partial charge in [-0.15, -0.1) is 0 Å². The molecule has 1 aliphatic rings. The molecule has 0 aromatic rings. The zero-order valence-corrected chi connectivity index (χ0v) is 12.4. The van der Waals surface area contributed by atoms with Crippen molar-refractivity contribution >= 4 is 5.91 Å². The average Bonchev–Trinajstić information content (AvgIpc) is 2.44. The fourth-order valence-corrected chi connectivity index (χ4v) is 2.49. The fraction of sp³-hybridized carbons (Fsp3) is 0.929. The molecule has 2 N–H and O–H groups in total. The molecule has 1 aliphatic carbocycles. The molecule has 19 heavy (non-hydrogen) atoms. The van der Waals surface area contributed by atoms with Crippen molar-refractivity contribution in [3.63, 3.8) is 0 Å². The van der Waals surface area contributed by atoms with Gasteiger partial charge in [0.2, 0.25) is 5.91 Å². The molecule has 0 aromatic carbocycles. The molecule has 112 valence electrons. The summed E-state index contributed by atoms with van der Waals surface area (Å²) < 4.78 is 10.9. The maximum absolute atomic E-state index is 11.9. The van der Waals surface area contributed by atoms with Crippen LogP contribution in [0.25, 0.3) is 0 Å². The summed E-state index contributed by atoms with van der Waals surface area (Å²) in [6.45, 7) is 3.13. The maximum Gasteiger partial charge on any atom is 0.248 e. The molecule has 0 saturated heterocycles. The first-order chi connectivity index (χ1) is 9.19. The number of carbonyl (C=O) groups is 1. The molecule has 1 amide bonds. The molecule has 0 radical (unpaired) electrons. The van der Waals surface area contributed by atoms with E-state index in [1.165, 1.54) is 12.8 Å². The van der Waals surface area contributed by atoms with Crippen LogP contribution in [0.15, 0.2) is 0 Å². The normalized spacial score (nSPS) is 25.0. The van der Waals surface area contributed by atoms with Gasteiger partial charge < -0.3 is 20.1 Å². The second kappa shape index (κ2) is 9.28. The van der Waals surface area contributed by atoms with E-state index in [1.54, 1.807) is 7.11 Å². The molecular weight excluding hydrogens is 244 g/mol. The summed E-state index contributed by atoms with van der Waals surface area (Å²) in [5.74, 6) is -0.0310. The third-order valence-corrected chi connectivity index (χ3v) is 3.65. The monoisotopic (exact) mass is 272 g/mol. The fourth-order valence-electron chi connectivity index (χ4n) is 2.49. The number of rotatable bonds is 8. The average molecular weight is 272 g/mol. The summed E-state index contributed by atoms with van der Waals surface area (Å²) in [5, 5.41) is 6.16. The van der Waals surface area contributed by atoms with Crippen LogP contribution in [0.3, 0.4) is 0 Å². The molecule has 0 aromatic heterocycles. The van der Waals surface area contributed by atoms with Crippen LogP contribution in [0.4, 0.5) is 0 Å². The summed E-state index contributed by atoms with van der Waals surface area (Å²) >= 11 is 0. The molecule has 1 rings (SSSR count). The summed E-state index contributed by atoms with van der Waals surface area (Å²) in [7, 11) is 3.62. The van der Waals surface area contributed by atoms with E-state index in [1.807, 2.05) is 14.0 Å². The van der Waals surface area contributed by atoms with Crippen LogP contribution in [-0.4, -0.2) is 51.5 Å². The van der Waals surface area contributed by atoms with E-state index in [4.69, 9.17) is 9.47 Å². The van der Waals surface area contributed by atoms with Crippen LogP contribution >= 0.6 is 0 Å².